The lowest BCUT2D eigenvalue weighted by Crippen LogP contribution is -2.24. The topological polar surface area (TPSA) is 55.4 Å². The number of carbonyl (C=O) groups is 2. The SMILES string of the molecule is C=CNC(=O)CC(=C)OC(=O)C(C)(C)C. The van der Waals surface area contributed by atoms with Gasteiger partial charge in [-0.15, -0.1) is 0 Å². The van der Waals surface area contributed by atoms with Crippen LogP contribution in [0.3, 0.4) is 0 Å². The first-order valence-electron chi connectivity index (χ1n) is 4.57. The van der Waals surface area contributed by atoms with Crippen molar-refractivity contribution in [2.24, 2.45) is 5.41 Å². The number of esters is 1. The van der Waals surface area contributed by atoms with E-state index in [2.05, 4.69) is 18.5 Å². The van der Waals surface area contributed by atoms with Crippen molar-refractivity contribution >= 4 is 11.9 Å². The van der Waals surface area contributed by atoms with E-state index in [1.54, 1.807) is 20.8 Å². The minimum Gasteiger partial charge on any atom is -0.431 e. The van der Waals surface area contributed by atoms with Gasteiger partial charge in [0, 0.05) is 0 Å². The molecule has 15 heavy (non-hydrogen) atoms. The van der Waals surface area contributed by atoms with Gasteiger partial charge in [-0.2, -0.15) is 0 Å². The van der Waals surface area contributed by atoms with Gasteiger partial charge in [0.15, 0.2) is 0 Å². The first-order valence-corrected chi connectivity index (χ1v) is 4.57. The van der Waals surface area contributed by atoms with Crippen LogP contribution in [0.4, 0.5) is 0 Å². The Kier molecular flexibility index (Phi) is 4.78. The third kappa shape index (κ3) is 5.67. The molecule has 0 aromatic heterocycles. The zero-order valence-corrected chi connectivity index (χ0v) is 9.42. The molecular weight excluding hydrogens is 194 g/mol. The van der Waals surface area contributed by atoms with Crippen LogP contribution in [-0.4, -0.2) is 11.9 Å². The molecule has 0 atom stereocenters. The van der Waals surface area contributed by atoms with Crippen LogP contribution in [0.1, 0.15) is 27.2 Å². The van der Waals surface area contributed by atoms with E-state index in [4.69, 9.17) is 4.74 Å². The van der Waals surface area contributed by atoms with Gasteiger partial charge >= 0.3 is 5.97 Å². The molecule has 0 unspecified atom stereocenters. The van der Waals surface area contributed by atoms with Gasteiger partial charge < -0.3 is 10.1 Å². The Morgan fingerprint density at radius 3 is 2.33 bits per heavy atom. The first kappa shape index (κ1) is 13.4. The minimum absolute atomic E-state index is 0.0478. The number of hydrogen-bond acceptors (Lipinski definition) is 3. The van der Waals surface area contributed by atoms with Gasteiger partial charge in [-0.25, -0.2) is 0 Å². The second-order valence-corrected chi connectivity index (χ2v) is 4.13. The lowest BCUT2D eigenvalue weighted by molar-refractivity contribution is -0.148. The highest BCUT2D eigenvalue weighted by Gasteiger charge is 2.24. The summed E-state index contributed by atoms with van der Waals surface area (Å²) in [6.07, 6.45) is 1.22. The van der Waals surface area contributed by atoms with Crippen molar-refractivity contribution in [2.75, 3.05) is 0 Å². The number of nitrogens with one attached hydrogen (secondary N) is 1. The van der Waals surface area contributed by atoms with Gasteiger partial charge in [-0.3, -0.25) is 9.59 Å². The second-order valence-electron chi connectivity index (χ2n) is 4.13. The smallest absolute Gasteiger partial charge is 0.316 e. The molecule has 0 aromatic carbocycles. The molecule has 1 N–H and O–H groups in total. The molecule has 0 aliphatic carbocycles. The predicted octanol–water partition coefficient (Wildman–Crippen LogP) is 1.74. The summed E-state index contributed by atoms with van der Waals surface area (Å²) in [4.78, 5) is 22.4. The highest BCUT2D eigenvalue weighted by molar-refractivity contribution is 5.81. The largest absolute Gasteiger partial charge is 0.431 e. The van der Waals surface area contributed by atoms with Gasteiger partial charge in [-0.1, -0.05) is 13.2 Å². The fraction of sp³-hybridized carbons (Fsp3) is 0.455. The highest BCUT2D eigenvalue weighted by Crippen LogP contribution is 2.17. The summed E-state index contributed by atoms with van der Waals surface area (Å²) in [7, 11) is 0. The number of amides is 1. The Morgan fingerprint density at radius 1 is 1.40 bits per heavy atom. The summed E-state index contributed by atoms with van der Waals surface area (Å²) < 4.78 is 4.90. The van der Waals surface area contributed by atoms with E-state index < -0.39 is 11.4 Å². The Balaban J connectivity index is 4.11. The van der Waals surface area contributed by atoms with Crippen molar-refractivity contribution in [3.8, 4) is 0 Å². The average Bonchev–Trinajstić information content (AvgIpc) is 2.01. The van der Waals surface area contributed by atoms with Gasteiger partial charge in [0.05, 0.1) is 11.8 Å². The van der Waals surface area contributed by atoms with Crippen LogP contribution < -0.4 is 5.32 Å². The van der Waals surface area contributed by atoms with E-state index >= 15 is 0 Å². The van der Waals surface area contributed by atoms with Crippen molar-refractivity contribution in [2.45, 2.75) is 27.2 Å². The highest BCUT2D eigenvalue weighted by atomic mass is 16.5. The molecule has 0 aliphatic rings. The zero-order valence-electron chi connectivity index (χ0n) is 9.42. The Bertz CT molecular complexity index is 287. The predicted molar refractivity (Wildman–Crippen MR) is 57.6 cm³/mol. The van der Waals surface area contributed by atoms with E-state index in [0.29, 0.717) is 0 Å². The van der Waals surface area contributed by atoms with Crippen LogP contribution >= 0.6 is 0 Å². The molecule has 0 rings (SSSR count). The van der Waals surface area contributed by atoms with Crippen molar-refractivity contribution in [1.82, 2.24) is 5.32 Å². The number of carbonyl (C=O) groups excluding carboxylic acids is 2. The number of rotatable bonds is 4. The standard InChI is InChI=1S/C11H17NO3/c1-6-12-9(13)7-8(2)15-10(14)11(3,4)5/h6H,1-2,7H2,3-5H3,(H,12,13). The fourth-order valence-electron chi connectivity index (χ4n) is 0.664. The molecule has 0 heterocycles. The zero-order chi connectivity index (χ0) is 12.1. The average molecular weight is 211 g/mol. The van der Waals surface area contributed by atoms with E-state index in [1.807, 2.05) is 0 Å². The summed E-state index contributed by atoms with van der Waals surface area (Å²) in [6, 6.07) is 0. The molecule has 84 valence electrons. The van der Waals surface area contributed by atoms with E-state index in [9.17, 15) is 9.59 Å². The Labute approximate surface area is 90.0 Å². The summed E-state index contributed by atoms with van der Waals surface area (Å²) in [5.74, 6) is -0.579. The van der Waals surface area contributed by atoms with Crippen LogP contribution in [0.2, 0.25) is 0 Å². The number of hydrogen-bond donors (Lipinski definition) is 1. The number of ether oxygens (including phenoxy) is 1. The fourth-order valence-corrected chi connectivity index (χ4v) is 0.664. The monoisotopic (exact) mass is 211 g/mol. The van der Waals surface area contributed by atoms with Crippen molar-refractivity contribution in [3.05, 3.63) is 25.1 Å². The van der Waals surface area contributed by atoms with Gasteiger partial charge in [-0.05, 0) is 27.0 Å². The van der Waals surface area contributed by atoms with Crippen molar-refractivity contribution in [3.63, 3.8) is 0 Å². The second kappa shape index (κ2) is 5.34. The molecule has 0 aliphatic heterocycles. The summed E-state index contributed by atoms with van der Waals surface area (Å²) in [5, 5.41) is 2.36. The van der Waals surface area contributed by atoms with Gasteiger partial charge in [0.25, 0.3) is 0 Å². The third-order valence-corrected chi connectivity index (χ3v) is 1.47. The van der Waals surface area contributed by atoms with E-state index in [0.717, 1.165) is 0 Å². The first-order chi connectivity index (χ1) is 6.77. The van der Waals surface area contributed by atoms with Crippen LogP contribution in [0.15, 0.2) is 25.1 Å². The van der Waals surface area contributed by atoms with Crippen LogP contribution in [0.5, 0.6) is 0 Å². The minimum atomic E-state index is -0.599. The summed E-state index contributed by atoms with van der Waals surface area (Å²) in [6.45, 7) is 12.0. The molecule has 0 saturated carbocycles. The molecule has 0 fully saturated rings. The lowest BCUT2D eigenvalue weighted by Gasteiger charge is -2.17. The van der Waals surface area contributed by atoms with Crippen LogP contribution in [0.25, 0.3) is 0 Å². The molecular formula is C11H17NO3. The molecule has 0 saturated heterocycles. The third-order valence-electron chi connectivity index (χ3n) is 1.47. The molecule has 0 aromatic rings. The van der Waals surface area contributed by atoms with Crippen LogP contribution in [0, 0.1) is 5.41 Å². The maximum atomic E-state index is 11.4. The van der Waals surface area contributed by atoms with Gasteiger partial charge in [0.2, 0.25) is 5.91 Å². The van der Waals surface area contributed by atoms with Crippen molar-refractivity contribution < 1.29 is 14.3 Å². The molecule has 0 bridgehead atoms. The van der Waals surface area contributed by atoms with E-state index in [-0.39, 0.29) is 18.1 Å². The molecule has 4 nitrogen and oxygen atoms in total. The Hall–Kier alpha value is -1.58. The summed E-state index contributed by atoms with van der Waals surface area (Å²) >= 11 is 0. The molecule has 0 spiro atoms. The van der Waals surface area contributed by atoms with Crippen molar-refractivity contribution in [1.29, 1.82) is 0 Å². The lowest BCUT2D eigenvalue weighted by atomic mass is 9.97. The summed E-state index contributed by atoms with van der Waals surface area (Å²) in [5.41, 5.74) is -0.599. The quantitative estimate of drug-likeness (QED) is 0.569. The maximum absolute atomic E-state index is 11.4. The molecule has 1 amide bonds. The van der Waals surface area contributed by atoms with Gasteiger partial charge in [0.1, 0.15) is 5.76 Å². The van der Waals surface area contributed by atoms with Crippen LogP contribution in [-0.2, 0) is 14.3 Å². The Morgan fingerprint density at radius 2 is 1.93 bits per heavy atom. The maximum Gasteiger partial charge on any atom is 0.316 e. The van der Waals surface area contributed by atoms with E-state index in [1.165, 1.54) is 6.20 Å². The molecule has 4 heteroatoms. The normalized spacial score (nSPS) is 10.3. The molecule has 0 radical (unpaired) electrons.